The topological polar surface area (TPSA) is 46.4 Å². The highest BCUT2D eigenvalue weighted by Crippen LogP contribution is 2.36. The Labute approximate surface area is 194 Å². The van der Waals surface area contributed by atoms with Crippen molar-refractivity contribution in [1.82, 2.24) is 14.7 Å². The number of imidazole rings is 1. The van der Waals surface area contributed by atoms with Gasteiger partial charge >= 0.3 is 6.18 Å². The van der Waals surface area contributed by atoms with Gasteiger partial charge in [0.15, 0.2) is 0 Å². The van der Waals surface area contributed by atoms with Crippen molar-refractivity contribution in [3.63, 3.8) is 0 Å². The van der Waals surface area contributed by atoms with Crippen molar-refractivity contribution in [2.24, 2.45) is 0 Å². The fraction of sp³-hybridized carbons (Fsp3) is 0.200. The summed E-state index contributed by atoms with van der Waals surface area (Å²) in [4.78, 5) is 17.3. The van der Waals surface area contributed by atoms with Crippen LogP contribution in [0.15, 0.2) is 66.9 Å². The van der Waals surface area contributed by atoms with Gasteiger partial charge in [-0.05, 0) is 47.7 Å². The van der Waals surface area contributed by atoms with E-state index in [1.807, 2.05) is 6.92 Å². The van der Waals surface area contributed by atoms with Crippen molar-refractivity contribution in [2.45, 2.75) is 25.9 Å². The molecule has 170 valence electrons. The Balaban J connectivity index is 1.45. The minimum atomic E-state index is -4.42. The highest BCUT2D eigenvalue weighted by atomic mass is 35.5. The van der Waals surface area contributed by atoms with Gasteiger partial charge in [-0.15, -0.1) is 0 Å². The average Bonchev–Trinajstić information content (AvgIpc) is 3.16. The first-order valence-corrected chi connectivity index (χ1v) is 10.9. The van der Waals surface area contributed by atoms with Gasteiger partial charge in [0.25, 0.3) is 5.91 Å². The molecule has 0 bridgehead atoms. The molecule has 0 atom stereocenters. The second kappa shape index (κ2) is 9.27. The lowest BCUT2D eigenvalue weighted by Gasteiger charge is -2.13. The van der Waals surface area contributed by atoms with E-state index in [9.17, 15) is 18.0 Å². The lowest BCUT2D eigenvalue weighted by atomic mass is 9.98. The number of hydrogen-bond donors (Lipinski definition) is 1. The van der Waals surface area contributed by atoms with Gasteiger partial charge in [0.2, 0.25) is 0 Å². The van der Waals surface area contributed by atoms with Crippen LogP contribution in [0.3, 0.4) is 0 Å². The summed E-state index contributed by atoms with van der Waals surface area (Å²) >= 11 is 6.08. The largest absolute Gasteiger partial charge is 0.417 e. The number of rotatable bonds is 6. The van der Waals surface area contributed by atoms with Gasteiger partial charge in [0.1, 0.15) is 11.3 Å². The molecular weight excluding hydrogens is 451 g/mol. The highest BCUT2D eigenvalue weighted by molar-refractivity contribution is 6.30. The number of nitrogens with zero attached hydrogens (tertiary/aromatic N) is 2. The quantitative estimate of drug-likeness (QED) is 0.363. The molecule has 0 unspecified atom stereocenters. The summed E-state index contributed by atoms with van der Waals surface area (Å²) in [6, 6.07) is 15.9. The maximum atomic E-state index is 13.3. The zero-order chi connectivity index (χ0) is 23.6. The molecule has 8 heteroatoms. The molecule has 4 aromatic rings. The zero-order valence-electron chi connectivity index (χ0n) is 17.8. The Kier molecular flexibility index (Phi) is 6.42. The monoisotopic (exact) mass is 471 g/mol. The SMILES string of the molecule is CCc1nc2ccc(Cl)cn2c1C(=O)NCCc1ccc(-c2ccccc2C(F)(F)F)cc1. The number of alkyl halides is 3. The predicted octanol–water partition coefficient (Wildman–Crippen LogP) is 6.21. The lowest BCUT2D eigenvalue weighted by molar-refractivity contribution is -0.137. The average molecular weight is 472 g/mol. The molecule has 0 saturated carbocycles. The van der Waals surface area contributed by atoms with Crippen LogP contribution in [0.5, 0.6) is 0 Å². The van der Waals surface area contributed by atoms with Crippen LogP contribution in [0.25, 0.3) is 16.8 Å². The summed E-state index contributed by atoms with van der Waals surface area (Å²) in [5, 5.41) is 3.41. The van der Waals surface area contributed by atoms with E-state index in [2.05, 4.69) is 10.3 Å². The summed E-state index contributed by atoms with van der Waals surface area (Å²) in [5.41, 5.74) is 2.66. The third-order valence-corrected chi connectivity index (χ3v) is 5.62. The van der Waals surface area contributed by atoms with Crippen LogP contribution in [0.4, 0.5) is 13.2 Å². The fourth-order valence-electron chi connectivity index (χ4n) is 3.79. The first-order valence-electron chi connectivity index (χ1n) is 10.5. The Morgan fingerprint density at radius 2 is 1.79 bits per heavy atom. The zero-order valence-corrected chi connectivity index (χ0v) is 18.5. The number of halogens is 4. The number of amides is 1. The summed E-state index contributed by atoms with van der Waals surface area (Å²) in [6.45, 7) is 2.30. The van der Waals surface area contributed by atoms with Crippen LogP contribution < -0.4 is 5.32 Å². The van der Waals surface area contributed by atoms with Gasteiger partial charge < -0.3 is 5.32 Å². The number of carbonyl (C=O) groups excluding carboxylic acids is 1. The molecule has 0 aliphatic carbocycles. The Morgan fingerprint density at radius 3 is 2.48 bits per heavy atom. The van der Waals surface area contributed by atoms with Crippen LogP contribution in [0.2, 0.25) is 5.02 Å². The van der Waals surface area contributed by atoms with Gasteiger partial charge in [-0.2, -0.15) is 13.2 Å². The fourth-order valence-corrected chi connectivity index (χ4v) is 3.95. The number of nitrogens with one attached hydrogen (secondary N) is 1. The number of aryl methyl sites for hydroxylation is 1. The van der Waals surface area contributed by atoms with Gasteiger partial charge in [0.05, 0.1) is 16.3 Å². The van der Waals surface area contributed by atoms with Crippen LogP contribution >= 0.6 is 11.6 Å². The normalized spacial score (nSPS) is 11.7. The molecule has 2 aromatic carbocycles. The van der Waals surface area contributed by atoms with E-state index >= 15 is 0 Å². The molecule has 2 aromatic heterocycles. The number of carbonyl (C=O) groups is 1. The van der Waals surface area contributed by atoms with E-state index in [0.29, 0.717) is 47.0 Å². The molecule has 1 N–H and O–H groups in total. The van der Waals surface area contributed by atoms with E-state index in [-0.39, 0.29) is 11.5 Å². The second-order valence-corrected chi connectivity index (χ2v) is 8.02. The summed E-state index contributed by atoms with van der Waals surface area (Å²) in [6.07, 6.45) is -1.62. The second-order valence-electron chi connectivity index (χ2n) is 7.58. The third-order valence-electron chi connectivity index (χ3n) is 5.40. The number of benzene rings is 2. The molecule has 33 heavy (non-hydrogen) atoms. The van der Waals surface area contributed by atoms with Crippen molar-refractivity contribution >= 4 is 23.2 Å². The number of fused-ring (bicyclic) bond motifs is 1. The molecular formula is C25H21ClF3N3O. The van der Waals surface area contributed by atoms with Gasteiger partial charge in [-0.3, -0.25) is 9.20 Å². The third kappa shape index (κ3) is 4.88. The lowest BCUT2D eigenvalue weighted by Crippen LogP contribution is -2.27. The summed E-state index contributed by atoms with van der Waals surface area (Å²) < 4.78 is 41.6. The molecule has 0 saturated heterocycles. The Morgan fingerprint density at radius 1 is 1.06 bits per heavy atom. The molecule has 0 spiro atoms. The number of pyridine rings is 1. The molecule has 0 aliphatic rings. The van der Waals surface area contributed by atoms with Crippen LogP contribution in [0, 0.1) is 0 Å². The first kappa shape index (κ1) is 22.9. The number of hydrogen-bond acceptors (Lipinski definition) is 2. The van der Waals surface area contributed by atoms with E-state index in [4.69, 9.17) is 11.6 Å². The van der Waals surface area contributed by atoms with E-state index in [0.717, 1.165) is 11.6 Å². The molecule has 2 heterocycles. The minimum Gasteiger partial charge on any atom is -0.350 e. The van der Waals surface area contributed by atoms with Crippen molar-refractivity contribution in [3.05, 3.63) is 94.4 Å². The van der Waals surface area contributed by atoms with Crippen molar-refractivity contribution < 1.29 is 18.0 Å². The summed E-state index contributed by atoms with van der Waals surface area (Å²) in [5.74, 6) is -0.252. The van der Waals surface area contributed by atoms with Crippen molar-refractivity contribution in [3.8, 4) is 11.1 Å². The smallest absolute Gasteiger partial charge is 0.350 e. The molecule has 4 nitrogen and oxygen atoms in total. The first-order chi connectivity index (χ1) is 15.8. The van der Waals surface area contributed by atoms with Crippen molar-refractivity contribution in [2.75, 3.05) is 6.54 Å². The molecule has 4 rings (SSSR count). The molecule has 0 aliphatic heterocycles. The predicted molar refractivity (Wildman–Crippen MR) is 122 cm³/mol. The molecule has 1 amide bonds. The minimum absolute atomic E-state index is 0.142. The van der Waals surface area contributed by atoms with Crippen LogP contribution in [-0.2, 0) is 19.0 Å². The van der Waals surface area contributed by atoms with Crippen LogP contribution in [0.1, 0.15) is 34.2 Å². The number of aromatic nitrogens is 2. The van der Waals surface area contributed by atoms with E-state index in [1.165, 1.54) is 12.1 Å². The van der Waals surface area contributed by atoms with Crippen molar-refractivity contribution in [1.29, 1.82) is 0 Å². The molecule has 0 radical (unpaired) electrons. The van der Waals surface area contributed by atoms with E-state index < -0.39 is 11.7 Å². The Hall–Kier alpha value is -3.32. The Bertz CT molecular complexity index is 1300. The highest BCUT2D eigenvalue weighted by Gasteiger charge is 2.33. The van der Waals surface area contributed by atoms with Gasteiger partial charge in [-0.1, -0.05) is 61.0 Å². The standard InChI is InChI=1S/C25H21ClF3N3O/c1-2-21-23(32-15-18(26)11-12-22(32)31-21)24(33)30-14-13-16-7-9-17(10-8-16)19-5-3-4-6-20(19)25(27,28)29/h3-12,15H,2,13-14H2,1H3,(H,30,33). The summed E-state index contributed by atoms with van der Waals surface area (Å²) in [7, 11) is 0. The maximum absolute atomic E-state index is 13.3. The maximum Gasteiger partial charge on any atom is 0.417 e. The van der Waals surface area contributed by atoms with Crippen LogP contribution in [-0.4, -0.2) is 21.8 Å². The van der Waals surface area contributed by atoms with Gasteiger partial charge in [-0.25, -0.2) is 4.98 Å². The van der Waals surface area contributed by atoms with Gasteiger partial charge in [0, 0.05) is 12.7 Å². The van der Waals surface area contributed by atoms with E-state index in [1.54, 1.807) is 53.1 Å². The molecule has 0 fully saturated rings.